The van der Waals surface area contributed by atoms with Crippen molar-refractivity contribution in [2.24, 2.45) is 11.6 Å². The first-order chi connectivity index (χ1) is 18.8. The average Bonchev–Trinajstić information content (AvgIpc) is 3.29. The van der Waals surface area contributed by atoms with E-state index in [2.05, 4.69) is 20.7 Å². The fourth-order valence-corrected chi connectivity index (χ4v) is 3.80. The molecule has 2 amide bonds. The van der Waals surface area contributed by atoms with Crippen LogP contribution in [0, 0.1) is 13.8 Å². The molecular weight excluding hydrogens is 549 g/mol. The van der Waals surface area contributed by atoms with Crippen molar-refractivity contribution in [1.29, 1.82) is 0 Å². The number of nitrogens with two attached hydrogens (primary N) is 2. The van der Waals surface area contributed by atoms with Gasteiger partial charge in [-0.05, 0) is 56.2 Å². The van der Waals surface area contributed by atoms with Gasteiger partial charge in [0.25, 0.3) is 11.8 Å². The number of aromatic nitrogens is 3. The third kappa shape index (κ3) is 7.96. The molecule has 2 aromatic heterocycles. The molecule has 0 spiro atoms. The third-order valence-electron chi connectivity index (χ3n) is 5.21. The van der Waals surface area contributed by atoms with Crippen LogP contribution in [0.15, 0.2) is 48.4 Å². The summed E-state index contributed by atoms with van der Waals surface area (Å²) in [7, 11) is 0. The normalized spacial score (nSPS) is 11.4. The summed E-state index contributed by atoms with van der Waals surface area (Å²) >= 11 is 6.28. The van der Waals surface area contributed by atoms with Crippen LogP contribution in [-0.2, 0) is 6.54 Å². The molecular formula is C26H32ClF3N8O2. The van der Waals surface area contributed by atoms with E-state index in [1.54, 1.807) is 32.0 Å². The van der Waals surface area contributed by atoms with E-state index in [1.165, 1.54) is 18.3 Å². The lowest BCUT2D eigenvalue weighted by Crippen LogP contribution is -2.29. The highest BCUT2D eigenvalue weighted by Crippen LogP contribution is 2.26. The zero-order chi connectivity index (χ0) is 30.2. The van der Waals surface area contributed by atoms with E-state index >= 15 is 0 Å². The standard InChI is InChI=1S/C24H26ClF3N8O2.C2H6/c1-4-31-22(37)16-9-13(2)8-14(3)20(16)33-23(38)18-10-15(11-35(30)12-19(29)24(26,27)28)34-36(18)21-17(25)6-5-7-32-21;1-2/h5-10,12H,4,11,29-30H2,1-3H3,(H,31,37)(H,33,38);1-2H3/b19-12-;. The average molecular weight is 581 g/mol. The van der Waals surface area contributed by atoms with E-state index in [9.17, 15) is 22.8 Å². The molecule has 3 aromatic rings. The van der Waals surface area contributed by atoms with Crippen molar-refractivity contribution in [2.75, 3.05) is 11.9 Å². The second-order valence-corrected chi connectivity index (χ2v) is 8.72. The first kappa shape index (κ1) is 32.1. The maximum atomic E-state index is 13.5. The van der Waals surface area contributed by atoms with Gasteiger partial charge in [-0.2, -0.15) is 18.3 Å². The topological polar surface area (TPSA) is 144 Å². The summed E-state index contributed by atoms with van der Waals surface area (Å²) in [5.74, 6) is 4.75. The SMILES string of the molecule is CC.CCNC(=O)c1cc(C)cc(C)c1NC(=O)c1cc(CN(N)/C=C(\N)C(F)(F)F)nn1-c1ncccc1Cl. The molecule has 1 aromatic carbocycles. The second kappa shape index (κ2) is 13.8. The number of benzene rings is 1. The Morgan fingerprint density at radius 2 is 1.85 bits per heavy atom. The van der Waals surface area contributed by atoms with Crippen LogP contribution in [0.25, 0.3) is 5.82 Å². The summed E-state index contributed by atoms with van der Waals surface area (Å²) < 4.78 is 39.5. The van der Waals surface area contributed by atoms with Crippen LogP contribution in [0.2, 0.25) is 5.02 Å². The summed E-state index contributed by atoms with van der Waals surface area (Å²) in [6, 6.07) is 7.89. The minimum atomic E-state index is -4.77. The molecule has 0 bridgehead atoms. The van der Waals surface area contributed by atoms with Gasteiger partial charge < -0.3 is 21.4 Å². The van der Waals surface area contributed by atoms with Gasteiger partial charge in [0.05, 0.1) is 28.5 Å². The quantitative estimate of drug-likeness (QED) is 0.225. The predicted octanol–water partition coefficient (Wildman–Crippen LogP) is 4.60. The molecule has 0 unspecified atom stereocenters. The van der Waals surface area contributed by atoms with E-state index in [4.69, 9.17) is 23.2 Å². The maximum absolute atomic E-state index is 13.5. The van der Waals surface area contributed by atoms with Crippen LogP contribution in [0.3, 0.4) is 0 Å². The molecule has 0 saturated heterocycles. The van der Waals surface area contributed by atoms with Crippen molar-refractivity contribution in [1.82, 2.24) is 25.1 Å². The fraction of sp³-hybridized carbons (Fsp3) is 0.308. The van der Waals surface area contributed by atoms with Crippen molar-refractivity contribution in [2.45, 2.75) is 47.3 Å². The molecule has 6 N–H and O–H groups in total. The zero-order valence-electron chi connectivity index (χ0n) is 22.7. The Kier molecular flexibility index (Phi) is 11.1. The first-order valence-electron chi connectivity index (χ1n) is 12.3. The third-order valence-corrected chi connectivity index (χ3v) is 5.50. The summed E-state index contributed by atoms with van der Waals surface area (Å²) in [5.41, 5.74) is 5.71. The number of hydrazine groups is 1. The van der Waals surface area contributed by atoms with E-state index in [0.29, 0.717) is 23.3 Å². The molecule has 216 valence electrons. The van der Waals surface area contributed by atoms with Gasteiger partial charge in [-0.15, -0.1) is 0 Å². The number of nitrogens with zero attached hydrogens (tertiary/aromatic N) is 4. The van der Waals surface area contributed by atoms with Gasteiger partial charge in [0, 0.05) is 18.9 Å². The second-order valence-electron chi connectivity index (χ2n) is 8.31. The number of anilines is 1. The maximum Gasteiger partial charge on any atom is 0.432 e. The number of amides is 2. The van der Waals surface area contributed by atoms with Gasteiger partial charge in [0.15, 0.2) is 5.82 Å². The van der Waals surface area contributed by atoms with Crippen LogP contribution in [-0.4, -0.2) is 44.3 Å². The predicted molar refractivity (Wildman–Crippen MR) is 148 cm³/mol. The van der Waals surface area contributed by atoms with Crippen LogP contribution >= 0.6 is 11.6 Å². The number of pyridine rings is 1. The molecule has 0 aliphatic carbocycles. The Balaban J connectivity index is 0.00000274. The van der Waals surface area contributed by atoms with Gasteiger partial charge in [-0.1, -0.05) is 31.5 Å². The van der Waals surface area contributed by atoms with Gasteiger partial charge >= 0.3 is 6.18 Å². The van der Waals surface area contributed by atoms with Crippen molar-refractivity contribution < 1.29 is 22.8 Å². The molecule has 0 atom stereocenters. The molecule has 0 aliphatic rings. The molecule has 0 fully saturated rings. The monoisotopic (exact) mass is 580 g/mol. The Labute approximate surface area is 235 Å². The van der Waals surface area contributed by atoms with Gasteiger partial charge in [-0.3, -0.25) is 9.59 Å². The van der Waals surface area contributed by atoms with E-state index in [0.717, 1.165) is 10.2 Å². The number of allylic oxidation sites excluding steroid dienone is 1. The largest absolute Gasteiger partial charge is 0.432 e. The Hall–Kier alpha value is -4.10. The Morgan fingerprint density at radius 3 is 2.45 bits per heavy atom. The highest BCUT2D eigenvalue weighted by atomic mass is 35.5. The molecule has 40 heavy (non-hydrogen) atoms. The fourth-order valence-electron chi connectivity index (χ4n) is 3.59. The number of alkyl halides is 3. The number of aryl methyl sites for hydroxylation is 2. The van der Waals surface area contributed by atoms with Crippen LogP contribution in [0.1, 0.15) is 58.4 Å². The number of hydrogen-bond donors (Lipinski definition) is 4. The summed E-state index contributed by atoms with van der Waals surface area (Å²) in [6.07, 6.45) is -2.82. The van der Waals surface area contributed by atoms with Gasteiger partial charge in [0.2, 0.25) is 0 Å². The Morgan fingerprint density at radius 1 is 1.18 bits per heavy atom. The minimum absolute atomic E-state index is 0.0522. The van der Waals surface area contributed by atoms with E-state index < -0.39 is 17.8 Å². The van der Waals surface area contributed by atoms with E-state index in [-0.39, 0.29) is 45.9 Å². The molecule has 10 nitrogen and oxygen atoms in total. The Bertz CT molecular complexity index is 1390. The van der Waals surface area contributed by atoms with Crippen LogP contribution in [0.4, 0.5) is 18.9 Å². The zero-order valence-corrected chi connectivity index (χ0v) is 23.5. The molecule has 0 saturated carbocycles. The molecule has 2 heterocycles. The van der Waals surface area contributed by atoms with Crippen LogP contribution < -0.4 is 22.2 Å². The van der Waals surface area contributed by atoms with Crippen molar-refractivity contribution in [3.8, 4) is 5.82 Å². The first-order valence-corrected chi connectivity index (χ1v) is 12.7. The number of carbonyl (C=O) groups is 2. The highest BCUT2D eigenvalue weighted by Gasteiger charge is 2.32. The van der Waals surface area contributed by atoms with Gasteiger partial charge in [-0.25, -0.2) is 15.5 Å². The van der Waals surface area contributed by atoms with Crippen molar-refractivity contribution in [3.05, 3.63) is 81.5 Å². The van der Waals surface area contributed by atoms with Crippen molar-refractivity contribution in [3.63, 3.8) is 0 Å². The van der Waals surface area contributed by atoms with Gasteiger partial charge in [0.1, 0.15) is 11.4 Å². The minimum Gasteiger partial charge on any atom is -0.393 e. The molecule has 14 heteroatoms. The molecule has 0 aliphatic heterocycles. The lowest BCUT2D eigenvalue weighted by molar-refractivity contribution is -0.0939. The highest BCUT2D eigenvalue weighted by molar-refractivity contribution is 6.32. The van der Waals surface area contributed by atoms with E-state index in [1.807, 2.05) is 20.8 Å². The number of rotatable bonds is 8. The van der Waals surface area contributed by atoms with Crippen LogP contribution in [0.5, 0.6) is 0 Å². The van der Waals surface area contributed by atoms with Crippen molar-refractivity contribution >= 4 is 29.1 Å². The number of carbonyl (C=O) groups excluding carboxylic acids is 2. The lowest BCUT2D eigenvalue weighted by atomic mass is 10.0. The smallest absolute Gasteiger partial charge is 0.393 e. The summed E-state index contributed by atoms with van der Waals surface area (Å²) in [6.45, 7) is 9.39. The molecule has 0 radical (unpaired) electrons. The summed E-state index contributed by atoms with van der Waals surface area (Å²) in [4.78, 5) is 30.4. The lowest BCUT2D eigenvalue weighted by Gasteiger charge is -2.15. The summed E-state index contributed by atoms with van der Waals surface area (Å²) in [5, 5.41) is 10.6. The number of hydrogen-bond acceptors (Lipinski definition) is 7. The number of nitrogens with one attached hydrogen (secondary N) is 2. The number of halogens is 4. The molecule has 3 rings (SSSR count).